The van der Waals surface area contributed by atoms with Gasteiger partial charge in [-0.3, -0.25) is 9.59 Å². The number of rotatable bonds is 66. The number of ether oxygens (including phenoxy) is 1. The van der Waals surface area contributed by atoms with Crippen LogP contribution in [-0.2, 0) is 14.3 Å². The van der Waals surface area contributed by atoms with Crippen molar-refractivity contribution in [3.8, 4) is 0 Å². The van der Waals surface area contributed by atoms with Gasteiger partial charge in [-0.25, -0.2) is 0 Å². The van der Waals surface area contributed by atoms with Gasteiger partial charge in [-0.1, -0.05) is 326 Å². The summed E-state index contributed by atoms with van der Waals surface area (Å²) in [4.78, 5) is 24.6. The number of amides is 1. The molecule has 0 radical (unpaired) electrons. The molecule has 79 heavy (non-hydrogen) atoms. The van der Waals surface area contributed by atoms with Crippen LogP contribution >= 0.6 is 0 Å². The Bertz CT molecular complexity index is 1320. The largest absolute Gasteiger partial charge is 0.466 e. The number of carbonyl (C=O) groups excluding carboxylic acids is 2. The molecule has 6 heteroatoms. The molecule has 0 aliphatic rings. The number of allylic oxidation sites excluding steroid dienone is 7. The van der Waals surface area contributed by atoms with Crippen LogP contribution in [0.2, 0.25) is 0 Å². The number of hydrogen-bond donors (Lipinski definition) is 3. The van der Waals surface area contributed by atoms with E-state index in [0.29, 0.717) is 19.4 Å². The molecule has 0 rings (SSSR count). The van der Waals surface area contributed by atoms with E-state index in [1.807, 2.05) is 6.08 Å². The van der Waals surface area contributed by atoms with Gasteiger partial charge in [0.25, 0.3) is 0 Å². The molecule has 0 aromatic rings. The van der Waals surface area contributed by atoms with Crippen LogP contribution in [0.25, 0.3) is 0 Å². The zero-order valence-electron chi connectivity index (χ0n) is 53.1. The quantitative estimate of drug-likeness (QED) is 0.0320. The molecule has 0 aliphatic heterocycles. The Balaban J connectivity index is 3.46. The Morgan fingerprint density at radius 3 is 0.975 bits per heavy atom. The molecule has 0 saturated heterocycles. The third-order valence-corrected chi connectivity index (χ3v) is 16.3. The monoisotopic (exact) mass is 1110 g/mol. The summed E-state index contributed by atoms with van der Waals surface area (Å²) in [5.74, 6) is -0.0702. The highest BCUT2D eigenvalue weighted by atomic mass is 16.5. The van der Waals surface area contributed by atoms with Gasteiger partial charge in [0.1, 0.15) is 0 Å². The van der Waals surface area contributed by atoms with Crippen molar-refractivity contribution in [3.05, 3.63) is 48.6 Å². The summed E-state index contributed by atoms with van der Waals surface area (Å²) < 4.78 is 5.48. The fraction of sp³-hybridized carbons (Fsp3) is 0.863. The van der Waals surface area contributed by atoms with Gasteiger partial charge in [0, 0.05) is 12.8 Å². The lowest BCUT2D eigenvalue weighted by Gasteiger charge is -2.20. The average Bonchev–Trinajstić information content (AvgIpc) is 3.45. The fourth-order valence-electron chi connectivity index (χ4n) is 10.9. The normalized spacial score (nSPS) is 12.8. The molecule has 464 valence electrons. The molecule has 0 aromatic heterocycles. The molecule has 0 bridgehead atoms. The molecule has 0 spiro atoms. The van der Waals surface area contributed by atoms with Crippen molar-refractivity contribution in [2.24, 2.45) is 0 Å². The minimum Gasteiger partial charge on any atom is -0.466 e. The van der Waals surface area contributed by atoms with E-state index < -0.39 is 12.1 Å². The van der Waals surface area contributed by atoms with Crippen molar-refractivity contribution in [2.75, 3.05) is 13.2 Å². The fourth-order valence-corrected chi connectivity index (χ4v) is 10.9. The van der Waals surface area contributed by atoms with Gasteiger partial charge in [0.15, 0.2) is 0 Å². The van der Waals surface area contributed by atoms with Crippen molar-refractivity contribution in [3.63, 3.8) is 0 Å². The number of aliphatic hydroxyl groups excluding tert-OH is 2. The highest BCUT2D eigenvalue weighted by Gasteiger charge is 2.18. The van der Waals surface area contributed by atoms with Crippen LogP contribution in [0.5, 0.6) is 0 Å². The molecule has 0 saturated carbocycles. The highest BCUT2D eigenvalue weighted by Crippen LogP contribution is 2.18. The number of hydrogen-bond acceptors (Lipinski definition) is 5. The minimum atomic E-state index is -0.851. The maximum Gasteiger partial charge on any atom is 0.305 e. The van der Waals surface area contributed by atoms with Crippen molar-refractivity contribution in [1.82, 2.24) is 5.32 Å². The zero-order chi connectivity index (χ0) is 57.1. The van der Waals surface area contributed by atoms with E-state index in [0.717, 1.165) is 51.4 Å². The zero-order valence-corrected chi connectivity index (χ0v) is 53.1. The summed E-state index contributed by atoms with van der Waals surface area (Å²) in [6.45, 7) is 4.92. The van der Waals surface area contributed by atoms with E-state index >= 15 is 0 Å². The first-order chi connectivity index (χ1) is 39.0. The molecule has 0 aliphatic carbocycles. The maximum atomic E-state index is 12.5. The Morgan fingerprint density at radius 2 is 0.633 bits per heavy atom. The predicted octanol–water partition coefficient (Wildman–Crippen LogP) is 22.9. The Labute approximate surface area is 493 Å². The summed E-state index contributed by atoms with van der Waals surface area (Å²) in [6.07, 6.45) is 89.0. The van der Waals surface area contributed by atoms with Gasteiger partial charge in [-0.05, 0) is 89.9 Å². The lowest BCUT2D eigenvalue weighted by molar-refractivity contribution is -0.143. The first-order valence-electron chi connectivity index (χ1n) is 35.4. The van der Waals surface area contributed by atoms with E-state index in [2.05, 4.69) is 55.6 Å². The summed E-state index contributed by atoms with van der Waals surface area (Å²) in [5.41, 5.74) is 0. The topological polar surface area (TPSA) is 95.9 Å². The van der Waals surface area contributed by atoms with Crippen LogP contribution in [0, 0.1) is 0 Å². The second kappa shape index (κ2) is 68.3. The Kier molecular flexibility index (Phi) is 66.4. The van der Waals surface area contributed by atoms with Crippen molar-refractivity contribution < 1.29 is 24.5 Å². The maximum absolute atomic E-state index is 12.5. The number of aliphatic hydroxyl groups is 2. The summed E-state index contributed by atoms with van der Waals surface area (Å²) in [7, 11) is 0. The Morgan fingerprint density at radius 1 is 0.354 bits per heavy atom. The summed E-state index contributed by atoms with van der Waals surface area (Å²) >= 11 is 0. The lowest BCUT2D eigenvalue weighted by Crippen LogP contribution is -2.45. The van der Waals surface area contributed by atoms with Gasteiger partial charge in [-0.2, -0.15) is 0 Å². The minimum absolute atomic E-state index is 0.000845. The van der Waals surface area contributed by atoms with E-state index in [-0.39, 0.29) is 18.5 Å². The third-order valence-electron chi connectivity index (χ3n) is 16.3. The van der Waals surface area contributed by atoms with E-state index in [1.54, 1.807) is 6.08 Å². The molecular weight excluding hydrogens is 971 g/mol. The second-order valence-corrected chi connectivity index (χ2v) is 24.2. The van der Waals surface area contributed by atoms with Gasteiger partial charge in [0.05, 0.1) is 25.4 Å². The molecule has 0 heterocycles. The van der Waals surface area contributed by atoms with Gasteiger partial charge in [0.2, 0.25) is 5.91 Å². The van der Waals surface area contributed by atoms with Gasteiger partial charge < -0.3 is 20.3 Å². The molecule has 0 aromatic carbocycles. The highest BCUT2D eigenvalue weighted by molar-refractivity contribution is 5.76. The number of carbonyl (C=O) groups is 2. The van der Waals surface area contributed by atoms with Crippen LogP contribution < -0.4 is 5.32 Å². The van der Waals surface area contributed by atoms with Crippen LogP contribution in [-0.4, -0.2) is 47.4 Å². The van der Waals surface area contributed by atoms with E-state index in [4.69, 9.17) is 4.74 Å². The average molecular weight is 1110 g/mol. The standard InChI is InChI=1S/C73H137NO5/c1-3-5-7-9-11-13-15-17-19-20-21-22-28-31-34-38-41-45-49-53-57-61-65-71(76)70(69-75)74-72(77)66-62-58-54-50-46-42-39-35-32-29-26-24-23-25-27-30-33-36-40-44-48-52-56-60-64-68-79-73(78)67-63-59-55-51-47-43-37-18-16-14-12-10-8-6-4-2/h18,24-27,37,61,65,70-71,75-76H,3-17,19-23,28-36,38-60,62-64,66-69H2,1-2H3,(H,74,77)/b26-24-,27-25-,37-18-,65-61+. The third kappa shape index (κ3) is 64.8. The SMILES string of the molecule is CCCCCCCC/C=C\CCCCCCCC(=O)OCCCCCCCCCCC/C=C\C/C=C\CCCCCCCCCCCC(=O)NC(CO)C(O)/C=C/CCCCCCCCCCCCCCCCCCCCCC. The van der Waals surface area contributed by atoms with Crippen LogP contribution in [0.15, 0.2) is 48.6 Å². The second-order valence-electron chi connectivity index (χ2n) is 24.2. The summed E-state index contributed by atoms with van der Waals surface area (Å²) in [6, 6.07) is -0.635. The molecule has 1 amide bonds. The smallest absolute Gasteiger partial charge is 0.305 e. The molecule has 3 N–H and O–H groups in total. The van der Waals surface area contributed by atoms with Crippen LogP contribution in [0.3, 0.4) is 0 Å². The number of esters is 1. The molecule has 2 atom stereocenters. The first-order valence-corrected chi connectivity index (χ1v) is 35.4. The van der Waals surface area contributed by atoms with Gasteiger partial charge in [-0.15, -0.1) is 0 Å². The van der Waals surface area contributed by atoms with Crippen molar-refractivity contribution >= 4 is 11.9 Å². The van der Waals surface area contributed by atoms with Crippen molar-refractivity contribution in [1.29, 1.82) is 0 Å². The lowest BCUT2D eigenvalue weighted by atomic mass is 10.0. The van der Waals surface area contributed by atoms with Crippen LogP contribution in [0.4, 0.5) is 0 Å². The molecule has 2 unspecified atom stereocenters. The molecule has 0 fully saturated rings. The van der Waals surface area contributed by atoms with Gasteiger partial charge >= 0.3 is 5.97 Å². The number of nitrogens with one attached hydrogen (secondary N) is 1. The molecule has 6 nitrogen and oxygen atoms in total. The van der Waals surface area contributed by atoms with E-state index in [1.165, 1.54) is 302 Å². The number of unbranched alkanes of at least 4 members (excludes halogenated alkanes) is 49. The first kappa shape index (κ1) is 76.8. The summed E-state index contributed by atoms with van der Waals surface area (Å²) in [5, 5.41) is 23.2. The van der Waals surface area contributed by atoms with Crippen molar-refractivity contribution in [2.45, 2.75) is 392 Å². The van der Waals surface area contributed by atoms with E-state index in [9.17, 15) is 19.8 Å². The van der Waals surface area contributed by atoms with Crippen LogP contribution in [0.1, 0.15) is 380 Å². The Hall–Kier alpha value is -2.18. The predicted molar refractivity (Wildman–Crippen MR) is 347 cm³/mol. The molecular formula is C73H137NO5.